The lowest BCUT2D eigenvalue weighted by atomic mass is 10.3. The monoisotopic (exact) mass is 350 g/mol. The number of anilines is 1. The smallest absolute Gasteiger partial charge is 0.237 e. The van der Waals surface area contributed by atoms with E-state index in [9.17, 15) is 13.2 Å². The minimum atomic E-state index is -3.75. The molecule has 20 heavy (non-hydrogen) atoms. The molecule has 0 saturated carbocycles. The van der Waals surface area contributed by atoms with Gasteiger partial charge in [-0.1, -0.05) is 22.9 Å². The van der Waals surface area contributed by atoms with Gasteiger partial charge in [-0.3, -0.25) is 9.69 Å². The third-order valence-electron chi connectivity index (χ3n) is 3.06. The Morgan fingerprint density at radius 2 is 2.15 bits per heavy atom. The molecule has 1 amide bonds. The first-order valence-corrected chi connectivity index (χ1v) is 9.21. The highest BCUT2D eigenvalue weighted by Crippen LogP contribution is 2.34. The number of thiazole rings is 1. The Balaban J connectivity index is 1.97. The lowest BCUT2D eigenvalue weighted by Crippen LogP contribution is -2.26. The Morgan fingerprint density at radius 3 is 2.80 bits per heavy atom. The normalized spacial score (nSPS) is 20.0. The van der Waals surface area contributed by atoms with Crippen LogP contribution in [0.5, 0.6) is 0 Å². The molecular formula is C11H8Cl2N2O3S2. The average Bonchev–Trinajstić information content (AvgIpc) is 2.90. The summed E-state index contributed by atoms with van der Waals surface area (Å²) in [5, 5.41) is 0.144. The van der Waals surface area contributed by atoms with Gasteiger partial charge in [0.1, 0.15) is 5.25 Å². The van der Waals surface area contributed by atoms with Gasteiger partial charge in [0.15, 0.2) is 5.13 Å². The maximum Gasteiger partial charge on any atom is 0.237 e. The lowest BCUT2D eigenvalue weighted by molar-refractivity contribution is -0.117. The van der Waals surface area contributed by atoms with E-state index in [0.717, 1.165) is 4.70 Å². The lowest BCUT2D eigenvalue weighted by Gasteiger charge is -2.11. The van der Waals surface area contributed by atoms with Crippen molar-refractivity contribution < 1.29 is 13.2 Å². The molecule has 2 aromatic rings. The van der Waals surface area contributed by atoms with Gasteiger partial charge in [0.25, 0.3) is 0 Å². The topological polar surface area (TPSA) is 67.3 Å². The summed E-state index contributed by atoms with van der Waals surface area (Å²) >= 11 is 7.20. The molecule has 3 rings (SSSR count). The highest BCUT2D eigenvalue weighted by Gasteiger charge is 2.39. The second-order valence-corrected chi connectivity index (χ2v) is 8.77. The summed E-state index contributed by atoms with van der Waals surface area (Å²) in [7, 11) is 1.57. The van der Waals surface area contributed by atoms with Gasteiger partial charge in [0.2, 0.25) is 15.0 Å². The predicted octanol–water partition coefficient (Wildman–Crippen LogP) is 2.62. The first-order chi connectivity index (χ1) is 9.34. The minimum absolute atomic E-state index is 0.0399. The Morgan fingerprint density at radius 1 is 1.40 bits per heavy atom. The van der Waals surface area contributed by atoms with Gasteiger partial charge < -0.3 is 0 Å². The Kier molecular flexibility index (Phi) is 3.40. The number of carbonyl (C=O) groups is 1. The van der Waals surface area contributed by atoms with Gasteiger partial charge in [-0.15, -0.1) is 0 Å². The molecular weight excluding hydrogens is 343 g/mol. The second kappa shape index (κ2) is 4.84. The Labute approximate surface area is 128 Å². The molecule has 1 atom stereocenters. The highest BCUT2D eigenvalue weighted by molar-refractivity contribution is 8.14. The van der Waals surface area contributed by atoms with Gasteiger partial charge in [0.05, 0.1) is 10.2 Å². The number of hydrogen-bond donors (Lipinski definition) is 0. The van der Waals surface area contributed by atoms with E-state index >= 15 is 0 Å². The van der Waals surface area contributed by atoms with Gasteiger partial charge >= 0.3 is 0 Å². The molecule has 1 fully saturated rings. The molecule has 1 aromatic heterocycles. The maximum atomic E-state index is 11.9. The SMILES string of the molecule is O=C1CC(S(=O)(=O)Cl)CN1c1nc2cc(Cl)ccc2s1. The van der Waals surface area contributed by atoms with Crippen LogP contribution in [0.2, 0.25) is 5.02 Å². The van der Waals surface area contributed by atoms with E-state index in [0.29, 0.717) is 15.7 Å². The summed E-state index contributed by atoms with van der Waals surface area (Å²) in [6.07, 6.45) is -0.109. The largest absolute Gasteiger partial charge is 0.287 e. The molecule has 106 valence electrons. The molecule has 1 aliphatic rings. The number of rotatable bonds is 2. The number of aromatic nitrogens is 1. The van der Waals surface area contributed by atoms with Gasteiger partial charge in [-0.2, -0.15) is 0 Å². The number of nitrogens with zero attached hydrogens (tertiary/aromatic N) is 2. The van der Waals surface area contributed by atoms with E-state index in [-0.39, 0.29) is 18.9 Å². The molecule has 0 aliphatic carbocycles. The Hall–Kier alpha value is -0.890. The van der Waals surface area contributed by atoms with Crippen LogP contribution in [-0.4, -0.2) is 31.1 Å². The molecule has 9 heteroatoms. The molecule has 0 radical (unpaired) electrons. The molecule has 0 bridgehead atoms. The molecule has 1 aromatic carbocycles. The van der Waals surface area contributed by atoms with Crippen molar-refractivity contribution in [2.24, 2.45) is 0 Å². The van der Waals surface area contributed by atoms with Crippen molar-refractivity contribution >= 4 is 63.9 Å². The summed E-state index contributed by atoms with van der Waals surface area (Å²) < 4.78 is 23.5. The van der Waals surface area contributed by atoms with Crippen LogP contribution >= 0.6 is 33.6 Å². The second-order valence-electron chi connectivity index (χ2n) is 4.41. The number of benzene rings is 1. The summed E-state index contributed by atoms with van der Waals surface area (Å²) in [6, 6.07) is 5.26. The van der Waals surface area contributed by atoms with E-state index in [2.05, 4.69) is 4.98 Å². The predicted molar refractivity (Wildman–Crippen MR) is 80.2 cm³/mol. The quantitative estimate of drug-likeness (QED) is 0.780. The van der Waals surface area contributed by atoms with Crippen LogP contribution in [0.25, 0.3) is 10.2 Å². The average molecular weight is 351 g/mol. The zero-order valence-electron chi connectivity index (χ0n) is 9.92. The number of amides is 1. The number of hydrogen-bond acceptors (Lipinski definition) is 5. The van der Waals surface area contributed by atoms with Crippen molar-refractivity contribution in [3.8, 4) is 0 Å². The van der Waals surface area contributed by atoms with Crippen molar-refractivity contribution in [1.29, 1.82) is 0 Å². The first kappa shape index (κ1) is 14.1. The standard InChI is InChI=1S/C11H8Cl2N2O3S2/c12-6-1-2-9-8(3-6)14-11(19-9)15-5-7(4-10(15)16)20(13,17)18/h1-3,7H,4-5H2. The van der Waals surface area contributed by atoms with Crippen molar-refractivity contribution in [2.45, 2.75) is 11.7 Å². The molecule has 1 saturated heterocycles. The number of halogens is 2. The van der Waals surface area contributed by atoms with Crippen molar-refractivity contribution in [2.75, 3.05) is 11.4 Å². The van der Waals surface area contributed by atoms with E-state index < -0.39 is 14.3 Å². The van der Waals surface area contributed by atoms with Crippen LogP contribution in [0, 0.1) is 0 Å². The van der Waals surface area contributed by atoms with Crippen LogP contribution < -0.4 is 4.90 Å². The van der Waals surface area contributed by atoms with Gasteiger partial charge in [-0.05, 0) is 18.2 Å². The van der Waals surface area contributed by atoms with E-state index in [4.69, 9.17) is 22.3 Å². The van der Waals surface area contributed by atoms with Crippen LogP contribution in [0.3, 0.4) is 0 Å². The summed E-state index contributed by atoms with van der Waals surface area (Å²) in [4.78, 5) is 17.6. The van der Waals surface area contributed by atoms with E-state index in [1.165, 1.54) is 16.2 Å². The van der Waals surface area contributed by atoms with Crippen molar-refractivity contribution in [3.05, 3.63) is 23.2 Å². The molecule has 1 unspecified atom stereocenters. The fourth-order valence-corrected chi connectivity index (χ4v) is 4.22. The third-order valence-corrected chi connectivity index (χ3v) is 6.22. The maximum absolute atomic E-state index is 11.9. The van der Waals surface area contributed by atoms with Crippen molar-refractivity contribution in [1.82, 2.24) is 4.98 Å². The summed E-state index contributed by atoms with van der Waals surface area (Å²) in [5.74, 6) is -0.288. The fourth-order valence-electron chi connectivity index (χ4n) is 2.05. The number of carbonyl (C=O) groups excluding carboxylic acids is 1. The molecule has 0 N–H and O–H groups in total. The third kappa shape index (κ3) is 2.50. The van der Waals surface area contributed by atoms with Crippen molar-refractivity contribution in [3.63, 3.8) is 0 Å². The van der Waals surface area contributed by atoms with E-state index in [1.807, 2.05) is 6.07 Å². The summed E-state index contributed by atoms with van der Waals surface area (Å²) in [5.41, 5.74) is 0.683. The summed E-state index contributed by atoms with van der Waals surface area (Å²) in [6.45, 7) is 0.0399. The highest BCUT2D eigenvalue weighted by atomic mass is 35.7. The molecule has 5 nitrogen and oxygen atoms in total. The zero-order chi connectivity index (χ0) is 14.5. The molecule has 1 aliphatic heterocycles. The zero-order valence-corrected chi connectivity index (χ0v) is 13.1. The molecule has 0 spiro atoms. The van der Waals surface area contributed by atoms with Gasteiger partial charge in [-0.25, -0.2) is 13.4 Å². The Bertz CT molecular complexity index is 803. The van der Waals surface area contributed by atoms with Gasteiger partial charge in [0, 0.05) is 28.7 Å². The fraction of sp³-hybridized carbons (Fsp3) is 0.273. The van der Waals surface area contributed by atoms with Crippen LogP contribution in [0.4, 0.5) is 5.13 Å². The number of fused-ring (bicyclic) bond motifs is 1. The van der Waals surface area contributed by atoms with Crippen LogP contribution in [0.1, 0.15) is 6.42 Å². The molecule has 2 heterocycles. The van der Waals surface area contributed by atoms with Crippen LogP contribution in [0.15, 0.2) is 18.2 Å². The minimum Gasteiger partial charge on any atom is -0.287 e. The van der Waals surface area contributed by atoms with Crippen LogP contribution in [-0.2, 0) is 13.8 Å². The van der Waals surface area contributed by atoms with E-state index in [1.54, 1.807) is 12.1 Å². The first-order valence-electron chi connectivity index (χ1n) is 5.64.